The molecule has 0 saturated carbocycles. The molecule has 31 heavy (non-hydrogen) atoms. The fourth-order valence-corrected chi connectivity index (χ4v) is 3.79. The fraction of sp³-hybridized carbons (Fsp3) is 0.391. The van der Waals surface area contributed by atoms with Crippen molar-refractivity contribution in [2.45, 2.75) is 32.2 Å². The zero-order chi connectivity index (χ0) is 22.2. The van der Waals surface area contributed by atoms with Gasteiger partial charge in [0.25, 0.3) is 17.5 Å². The van der Waals surface area contributed by atoms with E-state index in [-0.39, 0.29) is 30.2 Å². The number of amides is 2. The molecule has 1 aliphatic heterocycles. The summed E-state index contributed by atoms with van der Waals surface area (Å²) < 4.78 is 5.56. The summed E-state index contributed by atoms with van der Waals surface area (Å²) in [5.41, 5.74) is 0.655. The lowest BCUT2D eigenvalue weighted by atomic mass is 10.0. The fourth-order valence-electron chi connectivity index (χ4n) is 3.79. The molecule has 0 unspecified atom stereocenters. The smallest absolute Gasteiger partial charge is 0.269 e. The number of hydrogen-bond acceptors (Lipinski definition) is 5. The van der Waals surface area contributed by atoms with Gasteiger partial charge in [0.15, 0.2) is 6.61 Å². The average Bonchev–Trinajstić information content (AvgIpc) is 2.81. The Balaban J connectivity index is 1.54. The van der Waals surface area contributed by atoms with Crippen LogP contribution < -0.4 is 4.74 Å². The van der Waals surface area contributed by atoms with E-state index in [9.17, 15) is 19.7 Å². The molecule has 0 aromatic heterocycles. The molecule has 0 N–H and O–H groups in total. The highest BCUT2D eigenvalue weighted by Gasteiger charge is 2.29. The standard InChI is InChI=1S/C23H27N3O5/c1-2-14-25(22(27)17-31-21-10-8-20(9-11-21)26(29)30)19-12-15-24(16-13-19)23(28)18-6-4-3-5-7-18/h3-11,19H,2,12-17H2,1H3. The van der Waals surface area contributed by atoms with Crippen LogP contribution in [0.3, 0.4) is 0 Å². The maximum atomic E-state index is 12.8. The van der Waals surface area contributed by atoms with Crippen LogP contribution in [0.15, 0.2) is 54.6 Å². The number of nitro benzene ring substituents is 1. The molecule has 8 heteroatoms. The molecular formula is C23H27N3O5. The van der Waals surface area contributed by atoms with Crippen molar-refractivity contribution in [2.24, 2.45) is 0 Å². The molecule has 164 valence electrons. The van der Waals surface area contributed by atoms with Crippen molar-refractivity contribution in [3.8, 4) is 5.75 Å². The number of likely N-dealkylation sites (tertiary alicyclic amines) is 1. The first-order valence-corrected chi connectivity index (χ1v) is 10.5. The lowest BCUT2D eigenvalue weighted by molar-refractivity contribution is -0.384. The zero-order valence-electron chi connectivity index (χ0n) is 17.6. The van der Waals surface area contributed by atoms with Crippen molar-refractivity contribution in [1.29, 1.82) is 0 Å². The minimum Gasteiger partial charge on any atom is -0.484 e. The molecule has 0 spiro atoms. The number of non-ortho nitro benzene ring substituents is 1. The molecule has 0 atom stereocenters. The average molecular weight is 425 g/mol. The van der Waals surface area contributed by atoms with E-state index in [4.69, 9.17) is 4.74 Å². The number of ether oxygens (including phenoxy) is 1. The van der Waals surface area contributed by atoms with Crippen LogP contribution in [-0.4, -0.2) is 58.8 Å². The monoisotopic (exact) mass is 425 g/mol. The van der Waals surface area contributed by atoms with Crippen LogP contribution in [0, 0.1) is 10.1 Å². The summed E-state index contributed by atoms with van der Waals surface area (Å²) >= 11 is 0. The highest BCUT2D eigenvalue weighted by Crippen LogP contribution is 2.21. The highest BCUT2D eigenvalue weighted by molar-refractivity contribution is 5.94. The zero-order valence-corrected chi connectivity index (χ0v) is 17.6. The third kappa shape index (κ3) is 5.81. The predicted octanol–water partition coefficient (Wildman–Crippen LogP) is 3.52. The first-order chi connectivity index (χ1) is 15.0. The Kier molecular flexibility index (Phi) is 7.59. The van der Waals surface area contributed by atoms with E-state index >= 15 is 0 Å². The summed E-state index contributed by atoms with van der Waals surface area (Å²) in [6, 6.07) is 15.0. The van der Waals surface area contributed by atoms with E-state index in [1.807, 2.05) is 47.1 Å². The summed E-state index contributed by atoms with van der Waals surface area (Å²) in [5, 5.41) is 10.7. The van der Waals surface area contributed by atoms with Gasteiger partial charge in [-0.1, -0.05) is 25.1 Å². The Bertz CT molecular complexity index is 893. The van der Waals surface area contributed by atoms with Crippen molar-refractivity contribution in [3.63, 3.8) is 0 Å². The number of nitro groups is 1. The van der Waals surface area contributed by atoms with E-state index in [1.54, 1.807) is 0 Å². The normalized spacial score (nSPS) is 14.2. The Hall–Kier alpha value is -3.42. The third-order valence-electron chi connectivity index (χ3n) is 5.41. The number of nitrogens with zero attached hydrogens (tertiary/aromatic N) is 3. The summed E-state index contributed by atoms with van der Waals surface area (Å²) in [6.45, 7) is 3.73. The van der Waals surface area contributed by atoms with Gasteiger partial charge < -0.3 is 14.5 Å². The number of piperidine rings is 1. The Morgan fingerprint density at radius 2 is 1.74 bits per heavy atom. The molecule has 0 aliphatic carbocycles. The molecule has 0 radical (unpaired) electrons. The second-order valence-corrected chi connectivity index (χ2v) is 7.52. The van der Waals surface area contributed by atoms with Crippen LogP contribution in [0.5, 0.6) is 5.75 Å². The van der Waals surface area contributed by atoms with Gasteiger partial charge in [-0.05, 0) is 43.5 Å². The van der Waals surface area contributed by atoms with Crippen LogP contribution in [0.2, 0.25) is 0 Å². The predicted molar refractivity (Wildman–Crippen MR) is 116 cm³/mol. The minimum absolute atomic E-state index is 0.0222. The van der Waals surface area contributed by atoms with Crippen molar-refractivity contribution in [3.05, 3.63) is 70.3 Å². The van der Waals surface area contributed by atoms with Gasteiger partial charge in [-0.2, -0.15) is 0 Å². The SMILES string of the molecule is CCCN(C(=O)COc1ccc([N+](=O)[O-])cc1)C1CCN(C(=O)c2ccccc2)CC1. The van der Waals surface area contributed by atoms with Gasteiger partial charge in [-0.25, -0.2) is 0 Å². The Morgan fingerprint density at radius 1 is 1.10 bits per heavy atom. The van der Waals surface area contributed by atoms with Gasteiger partial charge in [0.1, 0.15) is 5.75 Å². The summed E-state index contributed by atoms with van der Waals surface area (Å²) in [4.78, 5) is 39.4. The molecule has 2 aromatic rings. The molecule has 1 heterocycles. The second-order valence-electron chi connectivity index (χ2n) is 7.52. The maximum Gasteiger partial charge on any atom is 0.269 e. The number of carbonyl (C=O) groups is 2. The van der Waals surface area contributed by atoms with Crippen molar-refractivity contribution >= 4 is 17.5 Å². The van der Waals surface area contributed by atoms with E-state index in [1.165, 1.54) is 24.3 Å². The molecule has 2 amide bonds. The minimum atomic E-state index is -0.479. The molecule has 3 rings (SSSR count). The van der Waals surface area contributed by atoms with Crippen LogP contribution in [0.1, 0.15) is 36.5 Å². The van der Waals surface area contributed by atoms with Gasteiger partial charge in [0, 0.05) is 43.4 Å². The van der Waals surface area contributed by atoms with E-state index < -0.39 is 4.92 Å². The molecule has 8 nitrogen and oxygen atoms in total. The Morgan fingerprint density at radius 3 is 2.32 bits per heavy atom. The van der Waals surface area contributed by atoms with Crippen LogP contribution >= 0.6 is 0 Å². The molecule has 1 aliphatic rings. The lowest BCUT2D eigenvalue weighted by Crippen LogP contribution is -2.50. The number of benzene rings is 2. The molecule has 1 fully saturated rings. The second kappa shape index (κ2) is 10.6. The van der Waals surface area contributed by atoms with Gasteiger partial charge in [0.05, 0.1) is 4.92 Å². The molecular weight excluding hydrogens is 398 g/mol. The molecule has 2 aromatic carbocycles. The van der Waals surface area contributed by atoms with Crippen molar-refractivity contribution < 1.29 is 19.2 Å². The Labute approximate surface area is 181 Å². The van der Waals surface area contributed by atoms with Gasteiger partial charge in [-0.3, -0.25) is 19.7 Å². The third-order valence-corrected chi connectivity index (χ3v) is 5.41. The summed E-state index contributed by atoms with van der Waals surface area (Å²) in [7, 11) is 0. The summed E-state index contributed by atoms with van der Waals surface area (Å²) in [5.74, 6) is 0.320. The maximum absolute atomic E-state index is 12.8. The topological polar surface area (TPSA) is 93.0 Å². The number of carbonyl (C=O) groups excluding carboxylic acids is 2. The van der Waals surface area contributed by atoms with E-state index in [2.05, 4.69) is 0 Å². The largest absolute Gasteiger partial charge is 0.484 e. The highest BCUT2D eigenvalue weighted by atomic mass is 16.6. The number of rotatable bonds is 8. The van der Waals surface area contributed by atoms with Gasteiger partial charge in [0.2, 0.25) is 0 Å². The van der Waals surface area contributed by atoms with Crippen molar-refractivity contribution in [2.75, 3.05) is 26.2 Å². The van der Waals surface area contributed by atoms with E-state index in [0.717, 1.165) is 19.3 Å². The first kappa shape index (κ1) is 22.3. The van der Waals surface area contributed by atoms with Crippen LogP contribution in [0.25, 0.3) is 0 Å². The van der Waals surface area contributed by atoms with Gasteiger partial charge in [-0.15, -0.1) is 0 Å². The van der Waals surface area contributed by atoms with Crippen LogP contribution in [0.4, 0.5) is 5.69 Å². The first-order valence-electron chi connectivity index (χ1n) is 10.5. The summed E-state index contributed by atoms with van der Waals surface area (Å²) in [6.07, 6.45) is 2.27. The lowest BCUT2D eigenvalue weighted by Gasteiger charge is -2.38. The van der Waals surface area contributed by atoms with Gasteiger partial charge >= 0.3 is 0 Å². The number of hydrogen-bond donors (Lipinski definition) is 0. The van der Waals surface area contributed by atoms with Crippen molar-refractivity contribution in [1.82, 2.24) is 9.80 Å². The van der Waals surface area contributed by atoms with E-state index in [0.29, 0.717) is 30.9 Å². The molecule has 1 saturated heterocycles. The molecule has 0 bridgehead atoms. The quantitative estimate of drug-likeness (QED) is 0.477. The van der Waals surface area contributed by atoms with Crippen LogP contribution in [-0.2, 0) is 4.79 Å².